The molecule has 0 atom stereocenters. The second-order valence-electron chi connectivity index (χ2n) is 8.55. The number of aryl methyl sites for hydroxylation is 1. The molecular weight excluding hydrogens is 378 g/mol. The summed E-state index contributed by atoms with van der Waals surface area (Å²) in [5, 5.41) is 10.1. The molecule has 0 spiro atoms. The number of fused-ring (bicyclic) bond motifs is 1. The minimum absolute atomic E-state index is 0.0687. The highest BCUT2D eigenvalue weighted by Crippen LogP contribution is 2.43. The molecule has 7 nitrogen and oxygen atoms in total. The number of alkyl halides is 1. The van der Waals surface area contributed by atoms with Crippen molar-refractivity contribution in [2.24, 2.45) is 0 Å². The number of carbonyl (C=O) groups is 1. The van der Waals surface area contributed by atoms with Gasteiger partial charge in [0.15, 0.2) is 23.1 Å². The highest BCUT2D eigenvalue weighted by Gasteiger charge is 2.51. The summed E-state index contributed by atoms with van der Waals surface area (Å²) >= 11 is 0. The summed E-state index contributed by atoms with van der Waals surface area (Å²) in [7, 11) is 1.93. The largest absolute Gasteiger partial charge is 0.325 e. The summed E-state index contributed by atoms with van der Waals surface area (Å²) < 4.78 is 29.6. The summed E-state index contributed by atoms with van der Waals surface area (Å²) in [5.74, 6) is -0.520. The van der Waals surface area contributed by atoms with Crippen molar-refractivity contribution in [1.29, 1.82) is 0 Å². The number of amides is 1. The Kier molecular flexibility index (Phi) is 4.60. The molecule has 2 aliphatic rings. The summed E-state index contributed by atoms with van der Waals surface area (Å²) in [6.45, 7) is 6.80. The molecule has 0 aliphatic carbocycles. The predicted octanol–water partition coefficient (Wildman–Crippen LogP) is 3.01. The second-order valence-corrected chi connectivity index (χ2v) is 8.55. The van der Waals surface area contributed by atoms with Crippen molar-refractivity contribution >= 4 is 17.5 Å². The van der Waals surface area contributed by atoms with E-state index in [2.05, 4.69) is 20.5 Å². The fourth-order valence-corrected chi connectivity index (χ4v) is 4.11. The van der Waals surface area contributed by atoms with Crippen LogP contribution in [-0.2, 0) is 16.9 Å². The lowest BCUT2D eigenvalue weighted by Crippen LogP contribution is -2.54. The number of nitrogens with zero attached hydrogens (tertiary/aromatic N) is 4. The van der Waals surface area contributed by atoms with Gasteiger partial charge in [0.25, 0.3) is 5.91 Å². The van der Waals surface area contributed by atoms with Crippen LogP contribution in [0.3, 0.4) is 0 Å². The van der Waals surface area contributed by atoms with E-state index in [1.165, 1.54) is 6.07 Å². The van der Waals surface area contributed by atoms with E-state index in [9.17, 15) is 9.18 Å². The van der Waals surface area contributed by atoms with Crippen LogP contribution >= 0.6 is 0 Å². The fourth-order valence-electron chi connectivity index (χ4n) is 4.11. The van der Waals surface area contributed by atoms with Gasteiger partial charge in [-0.25, -0.2) is 13.8 Å². The van der Waals surface area contributed by atoms with Crippen molar-refractivity contribution in [2.75, 3.05) is 25.5 Å². The van der Waals surface area contributed by atoms with Crippen molar-refractivity contribution in [2.45, 2.75) is 51.4 Å². The van der Waals surface area contributed by atoms with Gasteiger partial charge < -0.3 is 15.1 Å². The van der Waals surface area contributed by atoms with Crippen LogP contribution in [0.15, 0.2) is 12.1 Å². The van der Waals surface area contributed by atoms with Gasteiger partial charge >= 0.3 is 0 Å². The first-order valence-corrected chi connectivity index (χ1v) is 9.79. The molecule has 156 valence electrons. The van der Waals surface area contributed by atoms with Gasteiger partial charge in [-0.3, -0.25) is 9.89 Å². The molecule has 0 saturated carbocycles. The summed E-state index contributed by atoms with van der Waals surface area (Å²) in [6.07, 6.45) is 0.370. The number of rotatable bonds is 3. The van der Waals surface area contributed by atoms with Gasteiger partial charge in [0, 0.05) is 37.2 Å². The van der Waals surface area contributed by atoms with E-state index in [1.54, 1.807) is 17.9 Å². The smallest absolute Gasteiger partial charge is 0.261 e. The van der Waals surface area contributed by atoms with Crippen LogP contribution in [0.2, 0.25) is 0 Å². The van der Waals surface area contributed by atoms with E-state index in [-0.39, 0.29) is 25.2 Å². The molecule has 0 unspecified atom stereocenters. The number of H-pyrrole nitrogens is 1. The number of nitrogens with one attached hydrogen (secondary N) is 2. The quantitative estimate of drug-likeness (QED) is 0.822. The second kappa shape index (κ2) is 6.76. The van der Waals surface area contributed by atoms with Crippen LogP contribution in [0, 0.1) is 12.7 Å². The van der Waals surface area contributed by atoms with Gasteiger partial charge in [-0.05, 0) is 40.0 Å². The van der Waals surface area contributed by atoms with Gasteiger partial charge in [-0.1, -0.05) is 0 Å². The topological polar surface area (TPSA) is 77.2 Å². The molecule has 4 heterocycles. The monoisotopic (exact) mass is 404 g/mol. The normalized spacial score (nSPS) is 20.6. The van der Waals surface area contributed by atoms with Crippen molar-refractivity contribution in [3.05, 3.63) is 34.9 Å². The minimum Gasteiger partial charge on any atom is -0.325 e. The molecule has 2 aliphatic heterocycles. The predicted molar refractivity (Wildman–Crippen MR) is 105 cm³/mol. The van der Waals surface area contributed by atoms with Gasteiger partial charge in [0.1, 0.15) is 0 Å². The van der Waals surface area contributed by atoms with Gasteiger partial charge in [0.05, 0.1) is 17.8 Å². The Labute approximate surface area is 168 Å². The van der Waals surface area contributed by atoms with Gasteiger partial charge in [-0.15, -0.1) is 0 Å². The average Bonchev–Trinajstić information content (AvgIpc) is 3.19. The maximum Gasteiger partial charge on any atom is 0.261 e. The molecule has 2 aromatic heterocycles. The zero-order chi connectivity index (χ0) is 21.0. The molecule has 29 heavy (non-hydrogen) atoms. The zero-order valence-electron chi connectivity index (χ0n) is 17.1. The number of aromatic nitrogens is 3. The number of likely N-dealkylation sites (tertiary alicyclic amines) is 1. The molecule has 2 aromatic rings. The van der Waals surface area contributed by atoms with Crippen LogP contribution in [0.25, 0.3) is 0 Å². The number of pyridine rings is 1. The van der Waals surface area contributed by atoms with Gasteiger partial charge in [0.2, 0.25) is 0 Å². The first-order valence-electron chi connectivity index (χ1n) is 9.79. The van der Waals surface area contributed by atoms with Crippen molar-refractivity contribution in [3.8, 4) is 0 Å². The first kappa shape index (κ1) is 19.8. The molecule has 9 heteroatoms. The minimum atomic E-state index is -1.86. The van der Waals surface area contributed by atoms with Crippen molar-refractivity contribution in [1.82, 2.24) is 25.0 Å². The first-order chi connectivity index (χ1) is 13.6. The summed E-state index contributed by atoms with van der Waals surface area (Å²) in [5.41, 5.74) is -0.501. The fraction of sp³-hybridized carbons (Fsp3) is 0.550. The van der Waals surface area contributed by atoms with Crippen LogP contribution in [-0.4, -0.2) is 56.7 Å². The Hall–Kier alpha value is -2.55. The van der Waals surface area contributed by atoms with E-state index >= 15 is 4.39 Å². The third kappa shape index (κ3) is 3.27. The number of hydrogen-bond acceptors (Lipinski definition) is 5. The molecule has 1 amide bonds. The Morgan fingerprint density at radius 1 is 1.24 bits per heavy atom. The molecule has 0 bridgehead atoms. The lowest BCUT2D eigenvalue weighted by Gasteiger charge is -2.40. The Morgan fingerprint density at radius 2 is 1.93 bits per heavy atom. The number of aromatic amines is 1. The van der Waals surface area contributed by atoms with E-state index in [1.807, 2.05) is 25.8 Å². The van der Waals surface area contributed by atoms with Crippen LogP contribution in [0.4, 0.5) is 20.4 Å². The molecule has 2 N–H and O–H groups in total. The lowest BCUT2D eigenvalue weighted by molar-refractivity contribution is -0.153. The van der Waals surface area contributed by atoms with Crippen molar-refractivity contribution < 1.29 is 13.6 Å². The Balaban J connectivity index is 1.61. The standard InChI is InChI=1S/C20H26F2N6O/c1-12-5-6-14(21)17(23-12)24-16-13-11-28(19(2,3)15(13)25-26-16)18(29)20(22)7-9-27(4)10-8-20/h5-6H,7-11H2,1-4H3,(H2,23,24,25,26). The highest BCUT2D eigenvalue weighted by atomic mass is 19.1. The van der Waals surface area contributed by atoms with Crippen molar-refractivity contribution in [3.63, 3.8) is 0 Å². The number of halogens is 2. The molecular formula is C20H26F2N6O. The molecule has 1 saturated heterocycles. The zero-order valence-corrected chi connectivity index (χ0v) is 17.1. The van der Waals surface area contributed by atoms with Crippen LogP contribution in [0.5, 0.6) is 0 Å². The Morgan fingerprint density at radius 3 is 2.62 bits per heavy atom. The molecule has 1 fully saturated rings. The number of carbonyl (C=O) groups excluding carboxylic acids is 1. The third-order valence-electron chi connectivity index (χ3n) is 6.10. The lowest BCUT2D eigenvalue weighted by atomic mass is 9.90. The maximum absolute atomic E-state index is 15.5. The average molecular weight is 404 g/mol. The molecule has 4 rings (SSSR count). The third-order valence-corrected chi connectivity index (χ3v) is 6.10. The number of hydrogen-bond donors (Lipinski definition) is 2. The van der Waals surface area contributed by atoms with E-state index in [4.69, 9.17) is 0 Å². The molecule has 0 aromatic carbocycles. The number of piperidine rings is 1. The van der Waals surface area contributed by atoms with E-state index in [0.717, 1.165) is 11.3 Å². The van der Waals surface area contributed by atoms with Crippen LogP contribution < -0.4 is 5.32 Å². The number of anilines is 2. The highest BCUT2D eigenvalue weighted by molar-refractivity contribution is 5.87. The Bertz CT molecular complexity index is 948. The summed E-state index contributed by atoms with van der Waals surface area (Å²) in [6, 6.07) is 2.92. The van der Waals surface area contributed by atoms with E-state index < -0.39 is 22.9 Å². The van der Waals surface area contributed by atoms with E-state index in [0.29, 0.717) is 24.6 Å². The maximum atomic E-state index is 15.5. The van der Waals surface area contributed by atoms with Gasteiger partial charge in [-0.2, -0.15) is 5.10 Å². The SMILES string of the molecule is Cc1ccc(F)c(Nc2n[nH]c3c2CN(C(=O)C2(F)CCN(C)CC2)C3(C)C)n1. The van der Waals surface area contributed by atoms with Crippen LogP contribution in [0.1, 0.15) is 43.6 Å². The molecule has 0 radical (unpaired) electrons. The summed E-state index contributed by atoms with van der Waals surface area (Å²) in [4.78, 5) is 20.9.